The van der Waals surface area contributed by atoms with Crippen LogP contribution in [0.15, 0.2) is 83.0 Å². The van der Waals surface area contributed by atoms with E-state index in [0.29, 0.717) is 29.2 Å². The summed E-state index contributed by atoms with van der Waals surface area (Å²) in [7, 11) is 1.50. The summed E-state index contributed by atoms with van der Waals surface area (Å²) in [4.78, 5) is 23.9. The van der Waals surface area contributed by atoms with Crippen LogP contribution in [0.3, 0.4) is 0 Å². The molecule has 0 aliphatic carbocycles. The first-order valence-electron chi connectivity index (χ1n) is 9.33. The van der Waals surface area contributed by atoms with Crippen molar-refractivity contribution in [2.24, 2.45) is 0 Å². The average Bonchev–Trinajstić information content (AvgIpc) is 2.79. The third kappa shape index (κ3) is 6.20. The number of carbonyl (C=O) groups is 2. The molecule has 0 fully saturated rings. The number of amides is 1. The fraction of sp³-hybridized carbons (Fsp3) is 0.0833. The summed E-state index contributed by atoms with van der Waals surface area (Å²) in [6.07, 6.45) is 1.37. The van der Waals surface area contributed by atoms with Gasteiger partial charge in [-0.15, -0.1) is 0 Å². The van der Waals surface area contributed by atoms with Crippen LogP contribution in [-0.2, 0) is 11.4 Å². The van der Waals surface area contributed by atoms with Gasteiger partial charge in [0, 0.05) is 10.0 Å². The number of carbonyl (C=O) groups excluding carboxylic acids is 1. The molecule has 0 aromatic heterocycles. The Morgan fingerprint density at radius 3 is 2.35 bits per heavy atom. The Balaban J connectivity index is 1.77. The minimum absolute atomic E-state index is 0.251. The molecule has 0 spiro atoms. The fourth-order valence-electron chi connectivity index (χ4n) is 2.74. The van der Waals surface area contributed by atoms with Crippen LogP contribution in [0.5, 0.6) is 11.5 Å². The molecular weight excluding hydrogens is 462 g/mol. The number of hydrogen-bond acceptors (Lipinski definition) is 4. The zero-order valence-electron chi connectivity index (χ0n) is 16.7. The van der Waals surface area contributed by atoms with E-state index in [2.05, 4.69) is 21.2 Å². The van der Waals surface area contributed by atoms with E-state index in [0.717, 1.165) is 10.0 Å². The van der Waals surface area contributed by atoms with Gasteiger partial charge in [-0.2, -0.15) is 0 Å². The lowest BCUT2D eigenvalue weighted by Crippen LogP contribution is -2.27. The Kier molecular flexibility index (Phi) is 7.45. The molecule has 3 aromatic rings. The van der Waals surface area contributed by atoms with Crippen molar-refractivity contribution in [3.63, 3.8) is 0 Å². The molecule has 0 saturated carbocycles. The van der Waals surface area contributed by atoms with Gasteiger partial charge in [0.1, 0.15) is 12.3 Å². The van der Waals surface area contributed by atoms with Gasteiger partial charge in [0.2, 0.25) is 0 Å². The summed E-state index contributed by atoms with van der Waals surface area (Å²) in [6.45, 7) is 0.354. The molecule has 0 aliphatic rings. The molecule has 2 N–H and O–H groups in total. The van der Waals surface area contributed by atoms with Crippen molar-refractivity contribution >= 4 is 33.9 Å². The molecule has 7 heteroatoms. The molecule has 6 nitrogen and oxygen atoms in total. The van der Waals surface area contributed by atoms with Gasteiger partial charge >= 0.3 is 5.97 Å². The van der Waals surface area contributed by atoms with Gasteiger partial charge in [-0.1, -0.05) is 52.3 Å². The van der Waals surface area contributed by atoms with Crippen LogP contribution < -0.4 is 14.8 Å². The SMILES string of the molecule is COc1cc(/C=C(/NC(=O)c2ccccc2)C(=O)O)ccc1OCc1ccc(Br)cc1. The van der Waals surface area contributed by atoms with E-state index >= 15 is 0 Å². The van der Waals surface area contributed by atoms with Gasteiger partial charge < -0.3 is 19.9 Å². The molecule has 31 heavy (non-hydrogen) atoms. The first-order valence-corrected chi connectivity index (χ1v) is 10.1. The van der Waals surface area contributed by atoms with E-state index in [9.17, 15) is 14.7 Å². The minimum atomic E-state index is -1.25. The maximum absolute atomic E-state index is 12.3. The highest BCUT2D eigenvalue weighted by molar-refractivity contribution is 9.10. The van der Waals surface area contributed by atoms with Crippen LogP contribution in [0.4, 0.5) is 0 Å². The zero-order chi connectivity index (χ0) is 22.2. The Morgan fingerprint density at radius 1 is 1.00 bits per heavy atom. The third-order valence-corrected chi connectivity index (χ3v) is 4.85. The first kappa shape index (κ1) is 22.1. The Morgan fingerprint density at radius 2 is 1.71 bits per heavy atom. The number of ether oxygens (including phenoxy) is 2. The van der Waals surface area contributed by atoms with E-state index < -0.39 is 11.9 Å². The number of benzene rings is 3. The van der Waals surface area contributed by atoms with Gasteiger partial charge in [0.05, 0.1) is 7.11 Å². The van der Waals surface area contributed by atoms with Gasteiger partial charge in [-0.05, 0) is 53.6 Å². The predicted molar refractivity (Wildman–Crippen MR) is 121 cm³/mol. The molecule has 1 amide bonds. The van der Waals surface area contributed by atoms with Crippen molar-refractivity contribution in [3.05, 3.63) is 99.7 Å². The van der Waals surface area contributed by atoms with Crippen molar-refractivity contribution in [3.8, 4) is 11.5 Å². The summed E-state index contributed by atoms with van der Waals surface area (Å²) < 4.78 is 12.2. The second-order valence-corrected chi connectivity index (χ2v) is 7.42. The van der Waals surface area contributed by atoms with Gasteiger partial charge in [-0.25, -0.2) is 4.79 Å². The Labute approximate surface area is 188 Å². The molecule has 0 heterocycles. The number of hydrogen-bond donors (Lipinski definition) is 2. The van der Waals surface area contributed by atoms with E-state index in [1.165, 1.54) is 13.2 Å². The highest BCUT2D eigenvalue weighted by Crippen LogP contribution is 2.29. The number of aliphatic carboxylic acids is 1. The van der Waals surface area contributed by atoms with Crippen LogP contribution >= 0.6 is 15.9 Å². The molecule has 0 bridgehead atoms. The lowest BCUT2D eigenvalue weighted by molar-refractivity contribution is -0.132. The number of carboxylic acids is 1. The van der Waals surface area contributed by atoms with Crippen LogP contribution in [0.25, 0.3) is 6.08 Å². The fourth-order valence-corrected chi connectivity index (χ4v) is 3.00. The van der Waals surface area contributed by atoms with Gasteiger partial charge in [-0.3, -0.25) is 4.79 Å². The Bertz CT molecular complexity index is 1090. The standard InChI is InChI=1S/C24H20BrNO5/c1-30-22-14-17(9-12-21(22)31-15-16-7-10-19(25)11-8-16)13-20(24(28)29)26-23(27)18-5-3-2-4-6-18/h2-14H,15H2,1H3,(H,26,27)(H,28,29)/b20-13+. The topological polar surface area (TPSA) is 84.9 Å². The van der Waals surface area contributed by atoms with Crippen molar-refractivity contribution < 1.29 is 24.2 Å². The molecule has 158 valence electrons. The molecule has 0 unspecified atom stereocenters. The maximum atomic E-state index is 12.3. The molecule has 0 atom stereocenters. The molecule has 3 aromatic carbocycles. The number of carboxylic acid groups (broad SMARTS) is 1. The Hall–Kier alpha value is -3.58. The van der Waals surface area contributed by atoms with E-state index in [1.54, 1.807) is 48.5 Å². The lowest BCUT2D eigenvalue weighted by Gasteiger charge is -2.12. The second kappa shape index (κ2) is 10.4. The highest BCUT2D eigenvalue weighted by Gasteiger charge is 2.14. The minimum Gasteiger partial charge on any atom is -0.493 e. The zero-order valence-corrected chi connectivity index (χ0v) is 18.3. The van der Waals surface area contributed by atoms with E-state index in [-0.39, 0.29) is 5.70 Å². The van der Waals surface area contributed by atoms with Crippen LogP contribution in [0.2, 0.25) is 0 Å². The van der Waals surface area contributed by atoms with Gasteiger partial charge in [0.15, 0.2) is 11.5 Å². The van der Waals surface area contributed by atoms with E-state index in [4.69, 9.17) is 9.47 Å². The number of nitrogens with one attached hydrogen (secondary N) is 1. The van der Waals surface area contributed by atoms with Crippen molar-refractivity contribution in [1.29, 1.82) is 0 Å². The van der Waals surface area contributed by atoms with Crippen LogP contribution in [-0.4, -0.2) is 24.1 Å². The van der Waals surface area contributed by atoms with Crippen molar-refractivity contribution in [2.75, 3.05) is 7.11 Å². The maximum Gasteiger partial charge on any atom is 0.352 e. The number of rotatable bonds is 8. The summed E-state index contributed by atoms with van der Waals surface area (Å²) in [6, 6.07) is 21.2. The summed E-state index contributed by atoms with van der Waals surface area (Å²) in [5.74, 6) is -0.785. The van der Waals surface area contributed by atoms with Crippen molar-refractivity contribution in [1.82, 2.24) is 5.32 Å². The average molecular weight is 482 g/mol. The second-order valence-electron chi connectivity index (χ2n) is 6.51. The summed E-state index contributed by atoms with van der Waals surface area (Å²) in [5, 5.41) is 11.9. The lowest BCUT2D eigenvalue weighted by atomic mass is 10.1. The highest BCUT2D eigenvalue weighted by atomic mass is 79.9. The molecule has 0 radical (unpaired) electrons. The predicted octanol–water partition coefficient (Wildman–Crippen LogP) is 4.89. The smallest absolute Gasteiger partial charge is 0.352 e. The number of methoxy groups -OCH3 is 1. The van der Waals surface area contributed by atoms with E-state index in [1.807, 2.05) is 24.3 Å². The largest absolute Gasteiger partial charge is 0.493 e. The first-order chi connectivity index (χ1) is 15.0. The number of halogens is 1. The quantitative estimate of drug-likeness (QED) is 0.447. The van der Waals surface area contributed by atoms with Crippen LogP contribution in [0, 0.1) is 0 Å². The monoisotopic (exact) mass is 481 g/mol. The molecule has 3 rings (SSSR count). The van der Waals surface area contributed by atoms with Crippen molar-refractivity contribution in [2.45, 2.75) is 6.61 Å². The molecular formula is C24H20BrNO5. The van der Waals surface area contributed by atoms with Gasteiger partial charge in [0.25, 0.3) is 5.91 Å². The van der Waals surface area contributed by atoms with Crippen LogP contribution in [0.1, 0.15) is 21.5 Å². The summed E-state index contributed by atoms with van der Waals surface area (Å²) in [5.41, 5.74) is 1.65. The normalized spacial score (nSPS) is 11.0. The third-order valence-electron chi connectivity index (χ3n) is 4.32. The molecule has 0 aliphatic heterocycles. The summed E-state index contributed by atoms with van der Waals surface area (Å²) >= 11 is 3.40. The molecule has 0 saturated heterocycles.